The number of ether oxygens (including phenoxy) is 1. The molecule has 0 fully saturated rings. The molecule has 1 rings (SSSR count). The highest BCUT2D eigenvalue weighted by Gasteiger charge is 2.15. The lowest BCUT2D eigenvalue weighted by molar-refractivity contribution is 0.0938. The second-order valence-corrected chi connectivity index (χ2v) is 4.45. The molecule has 5 nitrogen and oxygen atoms in total. The number of carbonyl (C=O) groups excluding carboxylic acids is 1. The van der Waals surface area contributed by atoms with Crippen molar-refractivity contribution in [3.8, 4) is 11.5 Å². The number of hydrogen-bond acceptors (Lipinski definition) is 4. The van der Waals surface area contributed by atoms with E-state index in [2.05, 4.69) is 5.32 Å². The van der Waals surface area contributed by atoms with Crippen LogP contribution >= 0.6 is 12.2 Å². The number of aromatic hydroxyl groups is 1. The van der Waals surface area contributed by atoms with Crippen LogP contribution in [0.1, 0.15) is 23.7 Å². The largest absolute Gasteiger partial charge is 0.507 e. The molecule has 0 spiro atoms. The Morgan fingerprint density at radius 1 is 1.61 bits per heavy atom. The predicted molar refractivity (Wildman–Crippen MR) is 73.0 cm³/mol. The Bertz CT molecular complexity index is 463. The highest BCUT2D eigenvalue weighted by molar-refractivity contribution is 7.80. The van der Waals surface area contributed by atoms with Crippen molar-refractivity contribution in [2.45, 2.75) is 19.4 Å². The summed E-state index contributed by atoms with van der Waals surface area (Å²) in [6, 6.07) is 4.26. The number of nitrogens with two attached hydrogens (primary N) is 1. The Balaban J connectivity index is 2.80. The maximum atomic E-state index is 11.9. The van der Waals surface area contributed by atoms with E-state index in [1.807, 2.05) is 0 Å². The zero-order valence-corrected chi connectivity index (χ0v) is 11.1. The number of nitrogens with one attached hydrogen (secondary N) is 1. The van der Waals surface area contributed by atoms with E-state index in [4.69, 9.17) is 22.7 Å². The molecular weight excluding hydrogens is 252 g/mol. The van der Waals surface area contributed by atoms with Crippen LogP contribution in [-0.4, -0.2) is 29.2 Å². The third kappa shape index (κ3) is 3.89. The summed E-state index contributed by atoms with van der Waals surface area (Å²) in [4.78, 5) is 12.2. The van der Waals surface area contributed by atoms with Gasteiger partial charge in [0.15, 0.2) is 0 Å². The second-order valence-electron chi connectivity index (χ2n) is 3.93. The zero-order valence-electron chi connectivity index (χ0n) is 10.3. The molecule has 0 heterocycles. The summed E-state index contributed by atoms with van der Waals surface area (Å²) in [6.07, 6.45) is 0.409. The van der Waals surface area contributed by atoms with Crippen LogP contribution in [0.2, 0.25) is 0 Å². The van der Waals surface area contributed by atoms with E-state index in [9.17, 15) is 9.90 Å². The molecular formula is C12H16N2O3S. The lowest BCUT2D eigenvalue weighted by Crippen LogP contribution is -2.35. The molecule has 1 atom stereocenters. The fraction of sp³-hybridized carbons (Fsp3) is 0.333. The van der Waals surface area contributed by atoms with Crippen LogP contribution in [0.5, 0.6) is 11.5 Å². The highest BCUT2D eigenvalue weighted by atomic mass is 32.1. The van der Waals surface area contributed by atoms with E-state index in [0.717, 1.165) is 0 Å². The molecule has 1 unspecified atom stereocenters. The van der Waals surface area contributed by atoms with E-state index in [0.29, 0.717) is 17.2 Å². The maximum absolute atomic E-state index is 11.9. The number of carbonyl (C=O) groups is 1. The predicted octanol–water partition coefficient (Wildman–Crippen LogP) is 1.20. The van der Waals surface area contributed by atoms with E-state index in [-0.39, 0.29) is 17.4 Å². The monoisotopic (exact) mass is 268 g/mol. The van der Waals surface area contributed by atoms with Crippen molar-refractivity contribution in [1.82, 2.24) is 5.32 Å². The highest BCUT2D eigenvalue weighted by Crippen LogP contribution is 2.22. The molecule has 0 radical (unpaired) electrons. The van der Waals surface area contributed by atoms with Gasteiger partial charge in [0.1, 0.15) is 11.5 Å². The van der Waals surface area contributed by atoms with E-state index < -0.39 is 5.91 Å². The first-order valence-corrected chi connectivity index (χ1v) is 5.81. The maximum Gasteiger partial charge on any atom is 0.255 e. The van der Waals surface area contributed by atoms with Crippen LogP contribution in [0.4, 0.5) is 0 Å². The van der Waals surface area contributed by atoms with Crippen LogP contribution in [0.25, 0.3) is 0 Å². The summed E-state index contributed by atoms with van der Waals surface area (Å²) in [7, 11) is 1.49. The van der Waals surface area contributed by atoms with Gasteiger partial charge in [-0.1, -0.05) is 12.2 Å². The molecule has 1 amide bonds. The molecule has 0 aliphatic heterocycles. The Hall–Kier alpha value is -1.82. The summed E-state index contributed by atoms with van der Waals surface area (Å²) in [5, 5.41) is 12.3. The number of benzene rings is 1. The van der Waals surface area contributed by atoms with Crippen molar-refractivity contribution in [1.29, 1.82) is 0 Å². The molecule has 0 aliphatic carbocycles. The molecule has 18 heavy (non-hydrogen) atoms. The van der Waals surface area contributed by atoms with Crippen LogP contribution in [0.3, 0.4) is 0 Å². The minimum Gasteiger partial charge on any atom is -0.507 e. The van der Waals surface area contributed by atoms with E-state index in [1.165, 1.54) is 19.2 Å². The molecule has 4 N–H and O–H groups in total. The van der Waals surface area contributed by atoms with Gasteiger partial charge in [0.25, 0.3) is 5.91 Å². The summed E-state index contributed by atoms with van der Waals surface area (Å²) in [6.45, 7) is 1.79. The van der Waals surface area contributed by atoms with Gasteiger partial charge in [-0.25, -0.2) is 0 Å². The van der Waals surface area contributed by atoms with Crippen LogP contribution < -0.4 is 15.8 Å². The van der Waals surface area contributed by atoms with Gasteiger partial charge in [-0.3, -0.25) is 4.79 Å². The smallest absolute Gasteiger partial charge is 0.255 e. The van der Waals surface area contributed by atoms with Gasteiger partial charge in [0.2, 0.25) is 0 Å². The van der Waals surface area contributed by atoms with E-state index in [1.54, 1.807) is 13.0 Å². The minimum absolute atomic E-state index is 0.101. The topological polar surface area (TPSA) is 84.6 Å². The standard InChI is InChI=1S/C12H16N2O3S/c1-7(5-11(13)18)14-12(16)9-6-8(17-2)3-4-10(9)15/h3-4,6-7,15H,5H2,1-2H3,(H2,13,18)(H,14,16). The molecule has 0 bridgehead atoms. The molecule has 1 aromatic rings. The quantitative estimate of drug-likeness (QED) is 0.699. The van der Waals surface area contributed by atoms with Gasteiger partial charge in [-0.05, 0) is 25.1 Å². The van der Waals surface area contributed by atoms with Crippen LogP contribution in [0.15, 0.2) is 18.2 Å². The Morgan fingerprint density at radius 3 is 2.83 bits per heavy atom. The Kier molecular flexibility index (Phi) is 4.91. The van der Waals surface area contributed by atoms with Crippen molar-refractivity contribution in [3.05, 3.63) is 23.8 Å². The minimum atomic E-state index is -0.393. The van der Waals surface area contributed by atoms with Crippen molar-refractivity contribution in [2.24, 2.45) is 5.73 Å². The third-order valence-corrected chi connectivity index (χ3v) is 2.50. The SMILES string of the molecule is COc1ccc(O)c(C(=O)NC(C)CC(N)=S)c1. The first-order chi connectivity index (χ1) is 8.43. The van der Waals surface area contributed by atoms with Gasteiger partial charge >= 0.3 is 0 Å². The number of methoxy groups -OCH3 is 1. The average molecular weight is 268 g/mol. The fourth-order valence-electron chi connectivity index (χ4n) is 1.48. The second kappa shape index (κ2) is 6.20. The van der Waals surface area contributed by atoms with Crippen molar-refractivity contribution in [3.63, 3.8) is 0 Å². The van der Waals surface area contributed by atoms with Crippen molar-refractivity contribution < 1.29 is 14.6 Å². The molecule has 0 aliphatic rings. The Labute approximate surface area is 111 Å². The van der Waals surface area contributed by atoms with Gasteiger partial charge in [0, 0.05) is 12.5 Å². The fourth-order valence-corrected chi connectivity index (χ4v) is 1.73. The molecule has 6 heteroatoms. The molecule has 1 aromatic carbocycles. The molecule has 98 valence electrons. The number of hydrogen-bond donors (Lipinski definition) is 3. The number of rotatable bonds is 5. The lowest BCUT2D eigenvalue weighted by Gasteiger charge is -2.14. The van der Waals surface area contributed by atoms with Gasteiger partial charge in [-0.15, -0.1) is 0 Å². The molecule has 0 saturated carbocycles. The Morgan fingerprint density at radius 2 is 2.28 bits per heavy atom. The van der Waals surface area contributed by atoms with Gasteiger partial charge < -0.3 is 20.9 Å². The third-order valence-electron chi connectivity index (χ3n) is 2.33. The molecule has 0 aromatic heterocycles. The normalized spacial score (nSPS) is 11.7. The zero-order chi connectivity index (χ0) is 13.7. The number of thiocarbonyl (C=S) groups is 1. The number of phenols is 1. The van der Waals surface area contributed by atoms with E-state index >= 15 is 0 Å². The summed E-state index contributed by atoms with van der Waals surface area (Å²) in [5.41, 5.74) is 5.55. The first-order valence-electron chi connectivity index (χ1n) is 5.40. The van der Waals surface area contributed by atoms with Gasteiger partial charge in [-0.2, -0.15) is 0 Å². The lowest BCUT2D eigenvalue weighted by atomic mass is 10.1. The number of amides is 1. The summed E-state index contributed by atoms with van der Waals surface area (Å²) >= 11 is 4.76. The van der Waals surface area contributed by atoms with Gasteiger partial charge in [0.05, 0.1) is 17.7 Å². The average Bonchev–Trinajstić information content (AvgIpc) is 2.28. The van der Waals surface area contributed by atoms with Crippen LogP contribution in [0, 0.1) is 0 Å². The molecule has 0 saturated heterocycles. The number of phenolic OH excluding ortho intramolecular Hbond substituents is 1. The van der Waals surface area contributed by atoms with Crippen molar-refractivity contribution in [2.75, 3.05) is 7.11 Å². The van der Waals surface area contributed by atoms with Crippen LogP contribution in [-0.2, 0) is 0 Å². The summed E-state index contributed by atoms with van der Waals surface area (Å²) in [5.74, 6) is 0.00548. The first kappa shape index (κ1) is 14.2. The van der Waals surface area contributed by atoms with Crippen molar-refractivity contribution >= 4 is 23.1 Å². The summed E-state index contributed by atoms with van der Waals surface area (Å²) < 4.78 is 5.00.